The average molecular weight is 301 g/mol. The molecule has 0 fully saturated rings. The second-order valence-electron chi connectivity index (χ2n) is 5.92. The molecule has 0 amide bonds. The van der Waals surface area contributed by atoms with Crippen molar-refractivity contribution in [2.75, 3.05) is 13.6 Å². The molecule has 0 heterocycles. The van der Waals surface area contributed by atoms with Gasteiger partial charge < -0.3 is 15.2 Å². The van der Waals surface area contributed by atoms with Gasteiger partial charge in [0.15, 0.2) is 6.10 Å². The van der Waals surface area contributed by atoms with Crippen LogP contribution in [-0.4, -0.2) is 24.3 Å². The first kappa shape index (κ1) is 15.0. The van der Waals surface area contributed by atoms with E-state index >= 15 is 0 Å². The number of fused-ring (bicyclic) bond motifs is 1. The summed E-state index contributed by atoms with van der Waals surface area (Å²) in [6, 6.07) is 12.3. The van der Waals surface area contributed by atoms with Crippen LogP contribution in [0, 0.1) is 12.7 Å². The van der Waals surface area contributed by atoms with Crippen LogP contribution in [0.15, 0.2) is 42.5 Å². The maximum atomic E-state index is 13.6. The normalized spacial score (nSPS) is 23.4. The lowest BCUT2D eigenvalue weighted by atomic mass is 9.97. The third-order valence-electron chi connectivity index (χ3n) is 4.20. The van der Waals surface area contributed by atoms with Crippen LogP contribution in [0.25, 0.3) is 0 Å². The van der Waals surface area contributed by atoms with E-state index in [4.69, 9.17) is 4.74 Å². The predicted molar refractivity (Wildman–Crippen MR) is 83.5 cm³/mol. The third kappa shape index (κ3) is 2.60. The molecule has 0 unspecified atom stereocenters. The summed E-state index contributed by atoms with van der Waals surface area (Å²) in [5, 5.41) is 14.0. The van der Waals surface area contributed by atoms with Crippen LogP contribution in [0.3, 0.4) is 0 Å². The highest BCUT2D eigenvalue weighted by Crippen LogP contribution is 2.42. The van der Waals surface area contributed by atoms with Crippen LogP contribution in [0.1, 0.15) is 22.8 Å². The van der Waals surface area contributed by atoms with E-state index < -0.39 is 11.7 Å². The minimum absolute atomic E-state index is 0.314. The summed E-state index contributed by atoms with van der Waals surface area (Å²) in [7, 11) is 1.78. The van der Waals surface area contributed by atoms with Crippen molar-refractivity contribution in [3.63, 3.8) is 0 Å². The number of rotatable bonds is 4. The first-order valence-electron chi connectivity index (χ1n) is 7.41. The van der Waals surface area contributed by atoms with Crippen molar-refractivity contribution in [2.45, 2.75) is 25.0 Å². The molecule has 3 rings (SSSR count). The zero-order valence-corrected chi connectivity index (χ0v) is 12.8. The molecule has 0 saturated heterocycles. The van der Waals surface area contributed by atoms with Gasteiger partial charge >= 0.3 is 0 Å². The number of likely N-dealkylation sites (N-methyl/N-ethyl adjacent to an activating group) is 1. The first-order chi connectivity index (χ1) is 10.5. The van der Waals surface area contributed by atoms with Gasteiger partial charge in [-0.05, 0) is 43.3 Å². The van der Waals surface area contributed by atoms with Gasteiger partial charge in [0.05, 0.1) is 0 Å². The number of aryl methyl sites for hydroxylation is 1. The topological polar surface area (TPSA) is 41.5 Å². The maximum absolute atomic E-state index is 13.6. The summed E-state index contributed by atoms with van der Waals surface area (Å²) in [6.07, 6.45) is -0.147. The molecular formula is C18H20FNO2. The molecule has 116 valence electrons. The molecule has 4 heteroatoms. The van der Waals surface area contributed by atoms with Gasteiger partial charge in [0.2, 0.25) is 0 Å². The van der Waals surface area contributed by atoms with E-state index in [0.29, 0.717) is 18.7 Å². The standard InChI is InChI=1S/C18H20FNO2/c1-12-5-3-4-6-16(12)22-17-15-9-14(19)8-7-13(15)10-18(17,21)11-20-2/h3-9,17,20-21H,10-11H2,1-2H3/t17-,18+/m0/s1. The number of benzene rings is 2. The number of hydrogen-bond acceptors (Lipinski definition) is 3. The van der Waals surface area contributed by atoms with Crippen molar-refractivity contribution in [3.8, 4) is 5.75 Å². The Morgan fingerprint density at radius 2 is 2.09 bits per heavy atom. The first-order valence-corrected chi connectivity index (χ1v) is 7.41. The predicted octanol–water partition coefficient (Wildman–Crippen LogP) is 2.76. The largest absolute Gasteiger partial charge is 0.482 e. The molecule has 3 nitrogen and oxygen atoms in total. The van der Waals surface area contributed by atoms with Gasteiger partial charge in [-0.2, -0.15) is 0 Å². The van der Waals surface area contributed by atoms with Crippen LogP contribution in [-0.2, 0) is 6.42 Å². The van der Waals surface area contributed by atoms with Crippen molar-refractivity contribution < 1.29 is 14.2 Å². The van der Waals surface area contributed by atoms with Crippen molar-refractivity contribution in [1.29, 1.82) is 0 Å². The van der Waals surface area contributed by atoms with Gasteiger partial charge in [-0.3, -0.25) is 0 Å². The molecule has 0 bridgehead atoms. The lowest BCUT2D eigenvalue weighted by molar-refractivity contribution is -0.0487. The van der Waals surface area contributed by atoms with E-state index in [1.54, 1.807) is 13.1 Å². The van der Waals surface area contributed by atoms with Crippen LogP contribution in [0.2, 0.25) is 0 Å². The Morgan fingerprint density at radius 3 is 2.82 bits per heavy atom. The quantitative estimate of drug-likeness (QED) is 0.912. The Hall–Kier alpha value is -1.91. The number of ether oxygens (including phenoxy) is 1. The third-order valence-corrected chi connectivity index (χ3v) is 4.20. The molecule has 2 aromatic carbocycles. The number of nitrogens with one attached hydrogen (secondary N) is 1. The molecule has 2 aromatic rings. The molecule has 2 atom stereocenters. The second-order valence-corrected chi connectivity index (χ2v) is 5.92. The molecule has 1 aliphatic carbocycles. The van der Waals surface area contributed by atoms with Crippen molar-refractivity contribution in [2.24, 2.45) is 0 Å². The van der Waals surface area contributed by atoms with Gasteiger partial charge in [0.25, 0.3) is 0 Å². The van der Waals surface area contributed by atoms with Crippen molar-refractivity contribution in [3.05, 3.63) is 65.0 Å². The fourth-order valence-electron chi connectivity index (χ4n) is 3.13. The Balaban J connectivity index is 2.01. The smallest absolute Gasteiger partial charge is 0.154 e. The SMILES string of the molecule is CNC[C@]1(O)Cc2ccc(F)cc2[C@@H]1Oc1ccccc1C. The van der Waals surface area contributed by atoms with E-state index in [2.05, 4.69) is 5.32 Å². The van der Waals surface area contributed by atoms with E-state index in [1.807, 2.05) is 31.2 Å². The molecule has 0 spiro atoms. The summed E-state index contributed by atoms with van der Waals surface area (Å²) in [6.45, 7) is 2.33. The minimum Gasteiger partial charge on any atom is -0.482 e. The molecule has 0 saturated carbocycles. The highest BCUT2D eigenvalue weighted by Gasteiger charge is 2.46. The molecule has 0 radical (unpaired) electrons. The van der Waals surface area contributed by atoms with Crippen molar-refractivity contribution >= 4 is 0 Å². The lowest BCUT2D eigenvalue weighted by Gasteiger charge is -2.31. The van der Waals surface area contributed by atoms with Gasteiger partial charge in [-0.25, -0.2) is 4.39 Å². The van der Waals surface area contributed by atoms with E-state index in [1.165, 1.54) is 12.1 Å². The highest BCUT2D eigenvalue weighted by molar-refractivity contribution is 5.41. The second kappa shape index (κ2) is 5.71. The molecule has 0 aromatic heterocycles. The molecule has 0 aliphatic heterocycles. The zero-order chi connectivity index (χ0) is 15.7. The van der Waals surface area contributed by atoms with Crippen LogP contribution in [0.5, 0.6) is 5.75 Å². The van der Waals surface area contributed by atoms with Crippen LogP contribution in [0.4, 0.5) is 4.39 Å². The number of halogens is 1. The van der Waals surface area contributed by atoms with Gasteiger partial charge in [0, 0.05) is 18.5 Å². The van der Waals surface area contributed by atoms with Gasteiger partial charge in [-0.1, -0.05) is 24.3 Å². The van der Waals surface area contributed by atoms with Gasteiger partial charge in [0.1, 0.15) is 17.2 Å². The van der Waals surface area contributed by atoms with E-state index in [-0.39, 0.29) is 5.82 Å². The summed E-state index contributed by atoms with van der Waals surface area (Å²) < 4.78 is 19.7. The Kier molecular flexibility index (Phi) is 3.89. The lowest BCUT2D eigenvalue weighted by Crippen LogP contribution is -2.45. The van der Waals surface area contributed by atoms with Gasteiger partial charge in [-0.15, -0.1) is 0 Å². The molecule has 22 heavy (non-hydrogen) atoms. The molecule has 2 N–H and O–H groups in total. The maximum Gasteiger partial charge on any atom is 0.154 e. The molecule has 1 aliphatic rings. The van der Waals surface area contributed by atoms with E-state index in [9.17, 15) is 9.50 Å². The summed E-state index contributed by atoms with van der Waals surface area (Å²) in [4.78, 5) is 0. The summed E-state index contributed by atoms with van der Waals surface area (Å²) >= 11 is 0. The fraction of sp³-hybridized carbons (Fsp3) is 0.333. The van der Waals surface area contributed by atoms with Crippen molar-refractivity contribution in [1.82, 2.24) is 5.32 Å². The molecular weight excluding hydrogens is 281 g/mol. The summed E-state index contributed by atoms with van der Waals surface area (Å²) in [5.41, 5.74) is 1.55. The number of hydrogen-bond donors (Lipinski definition) is 2. The fourth-order valence-corrected chi connectivity index (χ4v) is 3.13. The average Bonchev–Trinajstić information content (AvgIpc) is 2.74. The summed E-state index contributed by atoms with van der Waals surface area (Å²) in [5.74, 6) is 0.394. The Morgan fingerprint density at radius 1 is 1.32 bits per heavy atom. The minimum atomic E-state index is -1.09. The Bertz CT molecular complexity index is 689. The Labute approximate surface area is 129 Å². The van der Waals surface area contributed by atoms with Crippen LogP contribution < -0.4 is 10.1 Å². The number of para-hydroxylation sites is 1. The zero-order valence-electron chi connectivity index (χ0n) is 12.8. The van der Waals surface area contributed by atoms with E-state index in [0.717, 1.165) is 16.7 Å². The monoisotopic (exact) mass is 301 g/mol. The van der Waals surface area contributed by atoms with Crippen LogP contribution >= 0.6 is 0 Å². The number of aliphatic hydroxyl groups is 1. The highest BCUT2D eigenvalue weighted by atomic mass is 19.1.